The summed E-state index contributed by atoms with van der Waals surface area (Å²) in [6.07, 6.45) is 19.1. The van der Waals surface area contributed by atoms with E-state index in [1.807, 2.05) is 0 Å². The third-order valence-electron chi connectivity index (χ3n) is 6.64. The van der Waals surface area contributed by atoms with Crippen molar-refractivity contribution in [3.05, 3.63) is 108 Å². The van der Waals surface area contributed by atoms with E-state index >= 15 is 0 Å². The Morgan fingerprint density at radius 2 is 1.37 bits per heavy atom. The van der Waals surface area contributed by atoms with Crippen molar-refractivity contribution in [3.8, 4) is 0 Å². The number of unbranched alkanes of at least 4 members (excludes halogenated alkanes) is 3. The van der Waals surface area contributed by atoms with E-state index in [2.05, 4.69) is 126 Å². The van der Waals surface area contributed by atoms with Crippen molar-refractivity contribution in [1.82, 2.24) is 0 Å². The fraction of sp³-hybridized carbons (Fsp3) is 0.375. The van der Waals surface area contributed by atoms with Crippen LogP contribution in [0.4, 0.5) is 0 Å². The Bertz CT molecular complexity index is 969. The summed E-state index contributed by atoms with van der Waals surface area (Å²) in [7, 11) is 2.32. The second kappa shape index (κ2) is 15.5. The fourth-order valence-corrected chi connectivity index (χ4v) is 27.1. The van der Waals surface area contributed by atoms with E-state index in [0.717, 1.165) is 0 Å². The molecule has 0 aromatic heterocycles. The molecular weight excluding hydrogens is 549 g/mol. The van der Waals surface area contributed by atoms with Gasteiger partial charge in [-0.05, 0) is 0 Å². The van der Waals surface area contributed by atoms with Gasteiger partial charge >= 0.3 is 222 Å². The van der Waals surface area contributed by atoms with E-state index in [0.29, 0.717) is 0 Å². The molecule has 1 aliphatic carbocycles. The molecule has 0 fully saturated rings. The minimum absolute atomic E-state index is 1.20. The molecule has 0 radical (unpaired) electrons. The summed E-state index contributed by atoms with van der Waals surface area (Å²) in [4.78, 5) is 3.97. The Labute approximate surface area is 221 Å². The molecule has 0 heterocycles. The van der Waals surface area contributed by atoms with Gasteiger partial charge in [-0.25, -0.2) is 0 Å². The second-order valence-electron chi connectivity index (χ2n) is 9.56. The summed E-state index contributed by atoms with van der Waals surface area (Å²) < 4.78 is 4.48. The standard InChI is InChI=1S/C20H17NS.3C4H9.Sn/c22-20(17-11-5-2-6-12-17)21-19-14-8-7-13-18(19)15-16-9-3-1-4-10-16;3*1-3-4-2;/h1-15,21-22H;3*1,3-4H2,2H3;/q;;;;+1/p-1/b18-15+,21-20?;;;;. The summed E-state index contributed by atoms with van der Waals surface area (Å²) in [5.74, 6) is 0. The zero-order valence-corrected chi connectivity index (χ0v) is 25.6. The summed E-state index contributed by atoms with van der Waals surface area (Å²) >= 11 is -2.47. The molecule has 1 nitrogen and oxygen atoms in total. The quantitative estimate of drug-likeness (QED) is 0.107. The van der Waals surface area contributed by atoms with Crippen LogP contribution in [0.3, 0.4) is 0 Å². The van der Waals surface area contributed by atoms with E-state index in [-0.39, 0.29) is 0 Å². The molecule has 1 aliphatic rings. The van der Waals surface area contributed by atoms with Crippen molar-refractivity contribution in [2.24, 2.45) is 0 Å². The molecule has 3 rings (SSSR count). The number of nitrogens with one attached hydrogen (secondary N) is 1. The summed E-state index contributed by atoms with van der Waals surface area (Å²) in [6, 6.07) is 22.9. The van der Waals surface area contributed by atoms with Gasteiger partial charge in [-0.1, -0.05) is 0 Å². The normalized spacial score (nSPS) is 15.2. The van der Waals surface area contributed by atoms with Gasteiger partial charge in [0, 0.05) is 0 Å². The van der Waals surface area contributed by atoms with Gasteiger partial charge < -0.3 is 0 Å². The van der Waals surface area contributed by atoms with Crippen LogP contribution in [0, 0.1) is 6.04 Å². The molecule has 186 valence electrons. The molecule has 1 N–H and O–H groups in total. The first-order valence-corrected chi connectivity index (χ1v) is 23.9. The Morgan fingerprint density at radius 1 is 0.800 bits per heavy atom. The van der Waals surface area contributed by atoms with Crippen LogP contribution in [0.25, 0.3) is 6.08 Å². The van der Waals surface area contributed by atoms with Crippen molar-refractivity contribution in [2.45, 2.75) is 72.6 Å². The molecule has 0 atom stereocenters. The van der Waals surface area contributed by atoms with Gasteiger partial charge in [-0.3, -0.25) is 0 Å². The number of allylic oxidation sites excluding steroid dienone is 2. The van der Waals surface area contributed by atoms with E-state index < -0.39 is 17.0 Å². The van der Waals surface area contributed by atoms with Crippen molar-refractivity contribution >= 4 is 37.1 Å². The molecule has 0 saturated heterocycles. The van der Waals surface area contributed by atoms with Crippen molar-refractivity contribution in [3.63, 3.8) is 0 Å². The summed E-state index contributed by atoms with van der Waals surface area (Å²) in [5.41, 5.74) is 3.81. The molecule has 0 spiro atoms. The first kappa shape index (κ1) is 27.9. The average Bonchev–Trinajstić information content (AvgIpc) is 2.91. The van der Waals surface area contributed by atoms with Crippen LogP contribution in [0.5, 0.6) is 0 Å². The van der Waals surface area contributed by atoms with Crippen LogP contribution in [0.2, 0.25) is 13.3 Å². The van der Waals surface area contributed by atoms with Crippen LogP contribution in [-0.2, 0) is 0 Å². The van der Waals surface area contributed by atoms with E-state index in [9.17, 15) is 0 Å². The fourth-order valence-electron chi connectivity index (χ4n) is 4.58. The SMILES string of the molecule is CCC[CH2][Sn]([CH2]CCC)([CH2]CCC)[S]C(=[NH+][C-]1C=CC=C/C1=C\c1ccccc1)c1ccccc1. The maximum atomic E-state index is 3.97. The van der Waals surface area contributed by atoms with Gasteiger partial charge in [0.2, 0.25) is 0 Å². The molecule has 2 aromatic rings. The zero-order valence-electron chi connectivity index (χ0n) is 21.9. The monoisotopic (exact) mass is 593 g/mol. The van der Waals surface area contributed by atoms with E-state index in [1.165, 1.54) is 79.6 Å². The van der Waals surface area contributed by atoms with Gasteiger partial charge in [-0.15, -0.1) is 0 Å². The topological polar surface area (TPSA) is 14.0 Å². The van der Waals surface area contributed by atoms with Crippen molar-refractivity contribution < 1.29 is 4.99 Å². The van der Waals surface area contributed by atoms with Gasteiger partial charge in [-0.2, -0.15) is 0 Å². The Balaban J connectivity index is 2.01. The van der Waals surface area contributed by atoms with Crippen LogP contribution in [0.15, 0.2) is 90.5 Å². The van der Waals surface area contributed by atoms with Gasteiger partial charge in [0.15, 0.2) is 0 Å². The maximum absolute atomic E-state index is 3.97. The van der Waals surface area contributed by atoms with Crippen molar-refractivity contribution in [2.75, 3.05) is 0 Å². The number of hydrogen-bond donors (Lipinski definition) is 1. The van der Waals surface area contributed by atoms with Crippen LogP contribution >= 0.6 is 8.95 Å². The summed E-state index contributed by atoms with van der Waals surface area (Å²) in [5, 5.41) is 1.37. The molecule has 0 aliphatic heterocycles. The molecule has 2 aromatic carbocycles. The van der Waals surface area contributed by atoms with Crippen LogP contribution in [-0.4, -0.2) is 22.0 Å². The zero-order chi connectivity index (χ0) is 24.8. The molecule has 35 heavy (non-hydrogen) atoms. The van der Waals surface area contributed by atoms with Gasteiger partial charge in [0.05, 0.1) is 0 Å². The molecule has 0 unspecified atom stereocenters. The Hall–Kier alpha value is -1.65. The molecular formula is C32H43NSSn. The van der Waals surface area contributed by atoms with Gasteiger partial charge in [0.1, 0.15) is 0 Å². The predicted molar refractivity (Wildman–Crippen MR) is 160 cm³/mol. The number of hydrogen-bond acceptors (Lipinski definition) is 1. The average molecular weight is 592 g/mol. The first-order valence-electron chi connectivity index (χ1n) is 13.6. The second-order valence-corrected chi connectivity index (χ2v) is 28.8. The third kappa shape index (κ3) is 9.06. The Morgan fingerprint density at radius 3 is 1.94 bits per heavy atom. The minimum atomic E-state index is -2.47. The van der Waals surface area contributed by atoms with Crippen LogP contribution < -0.4 is 4.99 Å². The van der Waals surface area contributed by atoms with Crippen LogP contribution in [0.1, 0.15) is 70.4 Å². The van der Waals surface area contributed by atoms with E-state index in [1.54, 1.807) is 0 Å². The first-order chi connectivity index (χ1) is 17.2. The number of rotatable bonds is 13. The van der Waals surface area contributed by atoms with Gasteiger partial charge in [0.25, 0.3) is 0 Å². The van der Waals surface area contributed by atoms with Crippen molar-refractivity contribution in [1.29, 1.82) is 0 Å². The Kier molecular flexibility index (Phi) is 12.3. The molecule has 0 saturated carbocycles. The molecule has 3 heteroatoms. The van der Waals surface area contributed by atoms with E-state index in [4.69, 9.17) is 0 Å². The predicted octanol–water partition coefficient (Wildman–Crippen LogP) is 8.33. The summed E-state index contributed by atoms with van der Waals surface area (Å²) in [6.45, 7) is 7.07. The molecule has 0 bridgehead atoms. The molecule has 0 amide bonds. The third-order valence-corrected chi connectivity index (χ3v) is 28.0. The number of benzene rings is 2.